The second-order valence-corrected chi connectivity index (χ2v) is 6.81. The van der Waals surface area contributed by atoms with Crippen molar-refractivity contribution in [3.8, 4) is 6.07 Å². The highest BCUT2D eigenvalue weighted by Gasteiger charge is 2.38. The second kappa shape index (κ2) is 6.28. The number of hydrogen-bond acceptors (Lipinski definition) is 7. The van der Waals surface area contributed by atoms with Crippen LogP contribution >= 0.6 is 11.6 Å². The molecule has 0 bridgehead atoms. The summed E-state index contributed by atoms with van der Waals surface area (Å²) < 4.78 is 25.2. The van der Waals surface area contributed by atoms with Crippen LogP contribution in [0.2, 0.25) is 5.15 Å². The first-order valence-corrected chi connectivity index (χ1v) is 8.08. The van der Waals surface area contributed by atoms with Crippen LogP contribution in [0.1, 0.15) is 16.8 Å². The molecule has 0 spiro atoms. The molecular weight excluding hydrogens is 344 g/mol. The van der Waals surface area contributed by atoms with E-state index in [-0.39, 0.29) is 10.7 Å². The molecule has 0 saturated carbocycles. The third-order valence-corrected chi connectivity index (χ3v) is 5.05. The van der Waals surface area contributed by atoms with Gasteiger partial charge >= 0.3 is 5.69 Å². The molecule has 0 unspecified atom stereocenters. The fourth-order valence-corrected chi connectivity index (χ4v) is 3.62. The topological polar surface area (TPSA) is 127 Å². The largest absolute Gasteiger partial charge is 0.330 e. The molecule has 0 radical (unpaired) electrons. The maximum absolute atomic E-state index is 12.6. The fraction of sp³-hybridized carbons (Fsp3) is 0.154. The first-order valence-electron chi connectivity index (χ1n) is 6.16. The van der Waals surface area contributed by atoms with Gasteiger partial charge in [0.15, 0.2) is 5.69 Å². The molecule has 2 aromatic rings. The Morgan fingerprint density at radius 3 is 2.43 bits per heavy atom. The lowest BCUT2D eigenvalue weighted by Gasteiger charge is -2.11. The molecule has 0 aliphatic rings. The molecule has 23 heavy (non-hydrogen) atoms. The second-order valence-electron chi connectivity index (χ2n) is 4.42. The Bertz CT molecular complexity index is 910. The fourth-order valence-electron chi connectivity index (χ4n) is 1.93. The van der Waals surface area contributed by atoms with Crippen LogP contribution in [0.4, 0.5) is 5.69 Å². The number of hydrogen-bond donors (Lipinski definition) is 0. The highest BCUT2D eigenvalue weighted by Crippen LogP contribution is 2.35. The van der Waals surface area contributed by atoms with Crippen LogP contribution in [0.3, 0.4) is 0 Å². The number of nitrogens with zero attached hydrogens (tertiary/aromatic N) is 4. The quantitative estimate of drug-likeness (QED) is 0.469. The summed E-state index contributed by atoms with van der Waals surface area (Å²) in [5.74, 6) is 0.0270. The van der Waals surface area contributed by atoms with Crippen LogP contribution in [-0.4, -0.2) is 23.3 Å². The number of aryl methyl sites for hydroxylation is 1. The van der Waals surface area contributed by atoms with Gasteiger partial charge in [0.2, 0.25) is 20.2 Å². The van der Waals surface area contributed by atoms with Gasteiger partial charge in [-0.15, -0.1) is 0 Å². The molecule has 1 atom stereocenters. The van der Waals surface area contributed by atoms with Crippen molar-refractivity contribution < 1.29 is 13.3 Å². The summed E-state index contributed by atoms with van der Waals surface area (Å²) in [6.45, 7) is 1.39. The van der Waals surface area contributed by atoms with Crippen molar-refractivity contribution in [1.82, 2.24) is 9.97 Å². The van der Waals surface area contributed by atoms with E-state index >= 15 is 0 Å². The Morgan fingerprint density at radius 1 is 1.30 bits per heavy atom. The van der Waals surface area contributed by atoms with Gasteiger partial charge in [-0.1, -0.05) is 29.8 Å². The van der Waals surface area contributed by atoms with Gasteiger partial charge in [0.25, 0.3) is 0 Å². The molecule has 1 aromatic carbocycles. The molecule has 0 amide bonds. The Balaban J connectivity index is 2.74. The van der Waals surface area contributed by atoms with Gasteiger partial charge < -0.3 is 0 Å². The minimum atomic E-state index is -4.21. The molecule has 2 rings (SSSR count). The molecule has 0 aliphatic heterocycles. The van der Waals surface area contributed by atoms with Gasteiger partial charge in [-0.05, 0) is 19.1 Å². The Hall–Kier alpha value is -2.57. The number of benzene rings is 1. The van der Waals surface area contributed by atoms with Crippen molar-refractivity contribution in [2.75, 3.05) is 0 Å². The van der Waals surface area contributed by atoms with Crippen molar-refractivity contribution in [3.63, 3.8) is 0 Å². The van der Waals surface area contributed by atoms with E-state index < -0.39 is 36.5 Å². The van der Waals surface area contributed by atoms with Crippen LogP contribution in [0.15, 0.2) is 35.2 Å². The summed E-state index contributed by atoms with van der Waals surface area (Å²) in [5, 5.41) is 18.1. The minimum Gasteiger partial charge on any atom is -0.258 e. The molecule has 0 fully saturated rings. The van der Waals surface area contributed by atoms with Gasteiger partial charge in [-0.25, -0.2) is 18.4 Å². The average Bonchev–Trinajstić information content (AvgIpc) is 2.47. The monoisotopic (exact) mass is 352 g/mol. The van der Waals surface area contributed by atoms with E-state index in [0.29, 0.717) is 0 Å². The van der Waals surface area contributed by atoms with Crippen molar-refractivity contribution in [3.05, 3.63) is 57.1 Å². The average molecular weight is 353 g/mol. The predicted molar refractivity (Wildman–Crippen MR) is 80.4 cm³/mol. The normalized spacial score (nSPS) is 12.4. The lowest BCUT2D eigenvalue weighted by Crippen LogP contribution is -2.16. The zero-order valence-corrected chi connectivity index (χ0v) is 13.2. The Kier molecular flexibility index (Phi) is 4.58. The van der Waals surface area contributed by atoms with Crippen LogP contribution in [0.25, 0.3) is 0 Å². The Labute approximate surface area is 136 Å². The van der Waals surface area contributed by atoms with Gasteiger partial charge in [0.1, 0.15) is 5.82 Å². The maximum atomic E-state index is 12.6. The van der Waals surface area contributed by atoms with Crippen LogP contribution in [-0.2, 0) is 9.84 Å². The highest BCUT2D eigenvalue weighted by molar-refractivity contribution is 7.92. The number of nitriles is 1. The molecule has 1 heterocycles. The van der Waals surface area contributed by atoms with E-state index in [4.69, 9.17) is 11.6 Å². The molecule has 1 aromatic heterocycles. The standard InChI is InChI=1S/C13H9ClN4O4S/c1-8-16-11(12(18(19)20)13(14)17-8)10(7-15)23(21,22)9-5-3-2-4-6-9/h2-6,10H,1H3/t10-/m1/s1. The van der Waals surface area contributed by atoms with Gasteiger partial charge in [-0.3, -0.25) is 10.1 Å². The smallest absolute Gasteiger partial charge is 0.258 e. The summed E-state index contributed by atoms with van der Waals surface area (Å²) in [4.78, 5) is 17.5. The minimum absolute atomic E-state index is 0.0270. The molecule has 0 saturated heterocycles. The van der Waals surface area contributed by atoms with Gasteiger partial charge in [-0.2, -0.15) is 5.26 Å². The molecule has 8 nitrogen and oxygen atoms in total. The summed E-state index contributed by atoms with van der Waals surface area (Å²) in [6.07, 6.45) is 0. The summed E-state index contributed by atoms with van der Waals surface area (Å²) in [7, 11) is -4.21. The van der Waals surface area contributed by atoms with Gasteiger partial charge in [0.05, 0.1) is 15.9 Å². The highest BCUT2D eigenvalue weighted by atomic mass is 35.5. The predicted octanol–water partition coefficient (Wildman–Crippen LogP) is 2.39. The van der Waals surface area contributed by atoms with Gasteiger partial charge in [0, 0.05) is 0 Å². The molecule has 10 heteroatoms. The van der Waals surface area contributed by atoms with Crippen LogP contribution in [0, 0.1) is 28.4 Å². The number of halogens is 1. The zero-order valence-electron chi connectivity index (χ0n) is 11.7. The number of nitro groups is 1. The van der Waals surface area contributed by atoms with Crippen molar-refractivity contribution in [1.29, 1.82) is 5.26 Å². The first-order chi connectivity index (χ1) is 10.8. The first kappa shape index (κ1) is 16.8. The maximum Gasteiger partial charge on any atom is 0.330 e. The van der Waals surface area contributed by atoms with E-state index in [1.54, 1.807) is 12.1 Å². The van der Waals surface area contributed by atoms with E-state index in [0.717, 1.165) is 0 Å². The van der Waals surface area contributed by atoms with Crippen molar-refractivity contribution in [2.45, 2.75) is 17.1 Å². The van der Waals surface area contributed by atoms with Crippen LogP contribution in [0.5, 0.6) is 0 Å². The summed E-state index contributed by atoms with van der Waals surface area (Å²) in [6, 6.07) is 8.72. The Morgan fingerprint density at radius 2 is 1.91 bits per heavy atom. The molecule has 118 valence electrons. The molecular formula is C13H9ClN4O4S. The van der Waals surface area contributed by atoms with Crippen LogP contribution < -0.4 is 0 Å². The number of sulfone groups is 1. The van der Waals surface area contributed by atoms with Crippen molar-refractivity contribution in [2.24, 2.45) is 0 Å². The SMILES string of the molecule is Cc1nc(Cl)c([N+](=O)[O-])c([C@@H](C#N)S(=O)(=O)c2ccccc2)n1. The zero-order chi connectivity index (χ0) is 17.2. The van der Waals surface area contributed by atoms with E-state index in [9.17, 15) is 23.8 Å². The third kappa shape index (κ3) is 3.13. The van der Waals surface area contributed by atoms with Crippen molar-refractivity contribution >= 4 is 27.1 Å². The third-order valence-electron chi connectivity index (χ3n) is 2.91. The summed E-state index contributed by atoms with van der Waals surface area (Å²) in [5.41, 5.74) is -1.33. The number of rotatable bonds is 4. The lowest BCUT2D eigenvalue weighted by molar-refractivity contribution is -0.386. The van der Waals surface area contributed by atoms with E-state index in [2.05, 4.69) is 9.97 Å². The molecule has 0 N–H and O–H groups in total. The van der Waals surface area contributed by atoms with E-state index in [1.165, 1.54) is 31.2 Å². The van der Waals surface area contributed by atoms with E-state index in [1.807, 2.05) is 0 Å². The summed E-state index contributed by atoms with van der Waals surface area (Å²) >= 11 is 5.73. The molecule has 0 aliphatic carbocycles. The number of aromatic nitrogens is 2. The lowest BCUT2D eigenvalue weighted by atomic mass is 10.2.